The molecule has 0 unspecified atom stereocenters. The normalized spacial score (nSPS) is 10.6. The van der Waals surface area contributed by atoms with Gasteiger partial charge in [0.2, 0.25) is 0 Å². The molecule has 0 saturated carbocycles. The Morgan fingerprint density at radius 2 is 0.745 bits per heavy atom. The number of halogens is 1. The van der Waals surface area contributed by atoms with Crippen molar-refractivity contribution >= 4 is 39.8 Å². The molecule has 0 saturated heterocycles. The van der Waals surface area contributed by atoms with Crippen LogP contribution in [-0.4, -0.2) is 37.1 Å². The molecule has 5 aromatic rings. The van der Waals surface area contributed by atoms with Gasteiger partial charge in [0.05, 0.1) is 35.5 Å². The van der Waals surface area contributed by atoms with E-state index < -0.39 is 23.9 Å². The molecule has 5 rings (SSSR count). The minimum Gasteiger partial charge on any atom is -0.494 e. The third kappa shape index (κ3) is 12.3. The second kappa shape index (κ2) is 20.5. The van der Waals surface area contributed by atoms with Gasteiger partial charge < -0.3 is 28.4 Å². The molecule has 0 heterocycles. The van der Waals surface area contributed by atoms with Crippen molar-refractivity contribution in [2.24, 2.45) is 0 Å². The minimum atomic E-state index is -0.745. The third-order valence-corrected chi connectivity index (χ3v) is 8.82. The zero-order valence-electron chi connectivity index (χ0n) is 30.6. The van der Waals surface area contributed by atoms with Gasteiger partial charge in [-0.2, -0.15) is 0 Å². The largest absolute Gasteiger partial charge is 0.494 e. The van der Waals surface area contributed by atoms with Gasteiger partial charge in [0.25, 0.3) is 0 Å². The molecule has 0 aliphatic carbocycles. The fourth-order valence-corrected chi connectivity index (χ4v) is 5.49. The Bertz CT molecular complexity index is 2040. The lowest BCUT2D eigenvalue weighted by Crippen LogP contribution is -2.14. The summed E-state index contributed by atoms with van der Waals surface area (Å²) < 4.78 is 33.7. The second-order valence-corrected chi connectivity index (χ2v) is 13.2. The molecule has 11 heteroatoms. The molecule has 55 heavy (non-hydrogen) atoms. The number of unbranched alkanes of at least 4 members (excludes halogenated alkanes) is 4. The first-order valence-electron chi connectivity index (χ1n) is 18.1. The standard InChI is InChI=1S/C44H41BrO10/c1-3-5-7-27-50-33-18-22-37(23-19-33)52-41(46)30-9-14-35(15-10-30)54-43(48)32-13-26-40(45)39(29-32)44(49)55-36-16-11-31(12-17-36)42(47)53-38-24-20-34(21-25-38)51-28-8-6-4-2/h9-26,29H,3-8,27-28H2,1-2H3. The fraction of sp³-hybridized carbons (Fsp3) is 0.227. The highest BCUT2D eigenvalue weighted by atomic mass is 79.9. The summed E-state index contributed by atoms with van der Waals surface area (Å²) in [6, 6.07) is 29.8. The van der Waals surface area contributed by atoms with Crippen LogP contribution in [0.15, 0.2) is 120 Å². The number of hydrogen-bond acceptors (Lipinski definition) is 10. The highest BCUT2D eigenvalue weighted by Gasteiger charge is 2.19. The highest BCUT2D eigenvalue weighted by molar-refractivity contribution is 9.10. The van der Waals surface area contributed by atoms with E-state index in [1.165, 1.54) is 66.7 Å². The predicted molar refractivity (Wildman–Crippen MR) is 210 cm³/mol. The first kappa shape index (κ1) is 40.2. The van der Waals surface area contributed by atoms with E-state index in [1.54, 1.807) is 48.5 Å². The Morgan fingerprint density at radius 3 is 1.15 bits per heavy atom. The van der Waals surface area contributed by atoms with Crippen LogP contribution in [0, 0.1) is 0 Å². The van der Waals surface area contributed by atoms with Gasteiger partial charge >= 0.3 is 23.9 Å². The number of benzene rings is 5. The Kier molecular flexibility index (Phi) is 15.0. The van der Waals surface area contributed by atoms with E-state index in [1.807, 2.05) is 0 Å². The SMILES string of the molecule is CCCCCOc1ccc(OC(=O)c2ccc(OC(=O)c3ccc(Br)c(C(=O)Oc4ccc(C(=O)Oc5ccc(OCCCCC)cc5)cc4)c3)cc2)cc1. The van der Waals surface area contributed by atoms with Crippen LogP contribution in [0.5, 0.6) is 34.5 Å². The number of carbonyl (C=O) groups is 4. The molecule has 0 radical (unpaired) electrons. The summed E-state index contributed by atoms with van der Waals surface area (Å²) in [6.07, 6.45) is 6.38. The summed E-state index contributed by atoms with van der Waals surface area (Å²) in [5.74, 6) is -0.152. The molecule has 284 valence electrons. The molecule has 5 aromatic carbocycles. The summed E-state index contributed by atoms with van der Waals surface area (Å²) in [4.78, 5) is 51.5. The summed E-state index contributed by atoms with van der Waals surface area (Å²) in [5.41, 5.74) is 0.673. The molecule has 0 N–H and O–H groups in total. The molecule has 0 fully saturated rings. The molecule has 10 nitrogen and oxygen atoms in total. The third-order valence-electron chi connectivity index (χ3n) is 8.12. The van der Waals surface area contributed by atoms with Crippen molar-refractivity contribution in [1.29, 1.82) is 0 Å². The van der Waals surface area contributed by atoms with Crippen LogP contribution < -0.4 is 28.4 Å². The lowest BCUT2D eigenvalue weighted by atomic mass is 10.1. The van der Waals surface area contributed by atoms with Crippen LogP contribution in [0.4, 0.5) is 0 Å². The summed E-state index contributed by atoms with van der Waals surface area (Å²) >= 11 is 3.34. The molecule has 0 aliphatic rings. The van der Waals surface area contributed by atoms with E-state index in [0.29, 0.717) is 40.7 Å². The van der Waals surface area contributed by atoms with E-state index in [4.69, 9.17) is 28.4 Å². The maximum Gasteiger partial charge on any atom is 0.344 e. The maximum atomic E-state index is 13.1. The van der Waals surface area contributed by atoms with E-state index in [0.717, 1.165) is 38.5 Å². The average Bonchev–Trinajstić information content (AvgIpc) is 3.20. The first-order chi connectivity index (χ1) is 26.7. The van der Waals surface area contributed by atoms with Crippen molar-refractivity contribution in [3.63, 3.8) is 0 Å². The molecule has 0 bridgehead atoms. The average molecular weight is 810 g/mol. The quantitative estimate of drug-likeness (QED) is 0.0480. The zero-order chi connectivity index (χ0) is 39.0. The lowest BCUT2D eigenvalue weighted by molar-refractivity contribution is 0.0722. The van der Waals surface area contributed by atoms with Gasteiger partial charge in [-0.3, -0.25) is 0 Å². The Morgan fingerprint density at radius 1 is 0.418 bits per heavy atom. The van der Waals surface area contributed by atoms with E-state index in [-0.39, 0.29) is 33.8 Å². The molecule has 0 spiro atoms. The van der Waals surface area contributed by atoms with Crippen molar-refractivity contribution in [1.82, 2.24) is 0 Å². The van der Waals surface area contributed by atoms with Crippen LogP contribution in [0.1, 0.15) is 93.8 Å². The lowest BCUT2D eigenvalue weighted by Gasteiger charge is -2.10. The monoisotopic (exact) mass is 808 g/mol. The van der Waals surface area contributed by atoms with E-state index in [2.05, 4.69) is 29.8 Å². The minimum absolute atomic E-state index is 0.0740. The van der Waals surface area contributed by atoms with Crippen molar-refractivity contribution < 1.29 is 47.6 Å². The van der Waals surface area contributed by atoms with Crippen molar-refractivity contribution in [2.45, 2.75) is 52.4 Å². The number of carbonyl (C=O) groups excluding carboxylic acids is 4. The first-order valence-corrected chi connectivity index (χ1v) is 18.9. The number of ether oxygens (including phenoxy) is 6. The second-order valence-electron chi connectivity index (χ2n) is 12.4. The predicted octanol–water partition coefficient (Wildman–Crippen LogP) is 10.5. The van der Waals surface area contributed by atoms with Gasteiger partial charge in [-0.25, -0.2) is 19.2 Å². The Labute approximate surface area is 328 Å². The van der Waals surface area contributed by atoms with Gasteiger partial charge in [-0.1, -0.05) is 39.5 Å². The number of esters is 4. The summed E-state index contributed by atoms with van der Waals surface area (Å²) in [5, 5.41) is 0. The number of hydrogen-bond donors (Lipinski definition) is 0. The zero-order valence-corrected chi connectivity index (χ0v) is 32.2. The van der Waals surface area contributed by atoms with Gasteiger partial charge in [0.15, 0.2) is 0 Å². The van der Waals surface area contributed by atoms with E-state index >= 15 is 0 Å². The van der Waals surface area contributed by atoms with Crippen LogP contribution in [-0.2, 0) is 0 Å². The van der Waals surface area contributed by atoms with Crippen molar-refractivity contribution in [2.75, 3.05) is 13.2 Å². The van der Waals surface area contributed by atoms with Crippen LogP contribution in [0.25, 0.3) is 0 Å². The van der Waals surface area contributed by atoms with Gasteiger partial charge in [0, 0.05) is 4.47 Å². The van der Waals surface area contributed by atoms with Gasteiger partial charge in [-0.05, 0) is 144 Å². The number of rotatable bonds is 18. The smallest absolute Gasteiger partial charge is 0.344 e. The molecular formula is C44H41BrO10. The Hall–Kier alpha value is -5.94. The molecule has 0 aliphatic heterocycles. The topological polar surface area (TPSA) is 124 Å². The highest BCUT2D eigenvalue weighted by Crippen LogP contribution is 2.25. The van der Waals surface area contributed by atoms with Gasteiger partial charge in [0.1, 0.15) is 34.5 Å². The Balaban J connectivity index is 1.11. The summed E-state index contributed by atoms with van der Waals surface area (Å²) in [7, 11) is 0. The molecule has 0 amide bonds. The van der Waals surface area contributed by atoms with Crippen molar-refractivity contribution in [3.05, 3.63) is 142 Å². The van der Waals surface area contributed by atoms with Gasteiger partial charge in [-0.15, -0.1) is 0 Å². The molecular weight excluding hydrogens is 768 g/mol. The molecule has 0 atom stereocenters. The van der Waals surface area contributed by atoms with Crippen LogP contribution in [0.2, 0.25) is 0 Å². The van der Waals surface area contributed by atoms with Crippen LogP contribution >= 0.6 is 15.9 Å². The molecule has 0 aromatic heterocycles. The summed E-state index contributed by atoms with van der Waals surface area (Å²) in [6.45, 7) is 5.52. The fourth-order valence-electron chi connectivity index (χ4n) is 5.08. The van der Waals surface area contributed by atoms with Crippen molar-refractivity contribution in [3.8, 4) is 34.5 Å². The maximum absolute atomic E-state index is 13.1. The van der Waals surface area contributed by atoms with Crippen LogP contribution in [0.3, 0.4) is 0 Å². The van der Waals surface area contributed by atoms with E-state index in [9.17, 15) is 19.2 Å².